The molecule has 1 N–H and O–H groups in total. The van der Waals surface area contributed by atoms with Crippen LogP contribution in [0.4, 0.5) is 10.6 Å². The molecular weight excluding hydrogens is 450 g/mol. The summed E-state index contributed by atoms with van der Waals surface area (Å²) in [5.74, 6) is 0.697. The standard InChI is InChI=1S/C22H30ClN5O3S/c1-22(2,3)20(29)28-19(24-13-16-4-5-18(23)32-16)12-17(25-28)15-6-7-27(14-15)21(30)26-8-10-31-11-9-26/h4-5,12,15,24H,6-11,13-14H2,1-3H3. The van der Waals surface area contributed by atoms with Crippen LogP contribution in [0.2, 0.25) is 4.34 Å². The second-order valence-corrected chi connectivity index (χ2v) is 11.1. The van der Waals surface area contributed by atoms with Crippen LogP contribution in [-0.2, 0) is 11.3 Å². The molecule has 2 aliphatic rings. The van der Waals surface area contributed by atoms with Gasteiger partial charge in [0.15, 0.2) is 0 Å². The third-order valence-electron chi connectivity index (χ3n) is 5.79. The average Bonchev–Trinajstić information content (AvgIpc) is 3.50. The van der Waals surface area contributed by atoms with Crippen LogP contribution in [0.1, 0.15) is 48.5 Å². The SMILES string of the molecule is CC(C)(C)C(=O)n1nc(C2CCN(C(=O)N3CCOCC3)C2)cc1NCc1ccc(Cl)s1. The number of likely N-dealkylation sites (tertiary alicyclic amines) is 1. The highest BCUT2D eigenvalue weighted by Crippen LogP contribution is 2.31. The molecule has 2 fully saturated rings. The van der Waals surface area contributed by atoms with E-state index in [-0.39, 0.29) is 17.9 Å². The number of hydrogen-bond donors (Lipinski definition) is 1. The Hall–Kier alpha value is -2.10. The van der Waals surface area contributed by atoms with Gasteiger partial charge in [-0.2, -0.15) is 9.78 Å². The summed E-state index contributed by atoms with van der Waals surface area (Å²) in [7, 11) is 0. The molecule has 2 aliphatic heterocycles. The summed E-state index contributed by atoms with van der Waals surface area (Å²) in [4.78, 5) is 30.7. The van der Waals surface area contributed by atoms with Gasteiger partial charge in [-0.15, -0.1) is 11.3 Å². The van der Waals surface area contributed by atoms with E-state index in [1.807, 2.05) is 48.8 Å². The lowest BCUT2D eigenvalue weighted by atomic mass is 9.96. The van der Waals surface area contributed by atoms with E-state index in [1.165, 1.54) is 16.0 Å². The van der Waals surface area contributed by atoms with Crippen LogP contribution in [0.25, 0.3) is 0 Å². The number of carbonyl (C=O) groups excluding carboxylic acids is 2. The summed E-state index contributed by atoms with van der Waals surface area (Å²) >= 11 is 7.55. The van der Waals surface area contributed by atoms with Gasteiger partial charge in [-0.05, 0) is 18.6 Å². The quantitative estimate of drug-likeness (QED) is 0.713. The van der Waals surface area contributed by atoms with Crippen LogP contribution in [0.15, 0.2) is 18.2 Å². The molecule has 4 heterocycles. The summed E-state index contributed by atoms with van der Waals surface area (Å²) in [6.07, 6.45) is 0.830. The van der Waals surface area contributed by atoms with Crippen LogP contribution in [0, 0.1) is 5.41 Å². The number of amides is 2. The molecule has 2 saturated heterocycles. The lowest BCUT2D eigenvalue weighted by Gasteiger charge is -2.30. The van der Waals surface area contributed by atoms with E-state index in [4.69, 9.17) is 21.4 Å². The number of morpholine rings is 1. The summed E-state index contributed by atoms with van der Waals surface area (Å²) in [6, 6.07) is 5.85. The molecule has 10 heteroatoms. The van der Waals surface area contributed by atoms with Crippen molar-refractivity contribution in [3.63, 3.8) is 0 Å². The molecule has 0 aromatic carbocycles. The first kappa shape index (κ1) is 23.1. The zero-order valence-corrected chi connectivity index (χ0v) is 20.3. The normalized spacial score (nSPS) is 19.4. The highest BCUT2D eigenvalue weighted by molar-refractivity contribution is 7.16. The summed E-state index contributed by atoms with van der Waals surface area (Å²) < 4.78 is 7.57. The maximum atomic E-state index is 13.1. The molecule has 2 aromatic heterocycles. The van der Waals surface area contributed by atoms with Crippen LogP contribution >= 0.6 is 22.9 Å². The van der Waals surface area contributed by atoms with Crippen molar-refractivity contribution in [1.29, 1.82) is 0 Å². The van der Waals surface area contributed by atoms with Crippen molar-refractivity contribution in [1.82, 2.24) is 19.6 Å². The van der Waals surface area contributed by atoms with Crippen molar-refractivity contribution in [2.45, 2.75) is 39.7 Å². The minimum Gasteiger partial charge on any atom is -0.378 e. The van der Waals surface area contributed by atoms with Crippen LogP contribution in [0.3, 0.4) is 0 Å². The fraction of sp³-hybridized carbons (Fsp3) is 0.591. The van der Waals surface area contributed by atoms with Gasteiger partial charge < -0.3 is 19.9 Å². The Bertz CT molecular complexity index is 977. The van der Waals surface area contributed by atoms with Crippen LogP contribution in [-0.4, -0.2) is 70.9 Å². The van der Waals surface area contributed by atoms with Crippen molar-refractivity contribution in [2.75, 3.05) is 44.7 Å². The molecule has 0 saturated carbocycles. The number of rotatable bonds is 4. The number of ether oxygens (including phenoxy) is 1. The van der Waals surface area contributed by atoms with Gasteiger partial charge in [0.25, 0.3) is 5.91 Å². The molecule has 1 unspecified atom stereocenters. The monoisotopic (exact) mass is 479 g/mol. The maximum Gasteiger partial charge on any atom is 0.320 e. The number of nitrogens with one attached hydrogen (secondary N) is 1. The lowest BCUT2D eigenvalue weighted by Crippen LogP contribution is -2.47. The number of halogens is 1. The summed E-state index contributed by atoms with van der Waals surface area (Å²) in [5.41, 5.74) is 0.270. The molecule has 2 aromatic rings. The Labute approximate surface area is 197 Å². The minimum atomic E-state index is -0.569. The molecule has 32 heavy (non-hydrogen) atoms. The first-order valence-corrected chi connectivity index (χ1v) is 12.2. The Morgan fingerprint density at radius 1 is 1.22 bits per heavy atom. The van der Waals surface area contributed by atoms with Crippen molar-refractivity contribution < 1.29 is 14.3 Å². The number of aromatic nitrogens is 2. The van der Waals surface area contributed by atoms with Gasteiger partial charge in [-0.25, -0.2) is 4.79 Å². The van der Waals surface area contributed by atoms with Crippen molar-refractivity contribution >= 4 is 40.7 Å². The molecule has 0 bridgehead atoms. The largest absolute Gasteiger partial charge is 0.378 e. The van der Waals surface area contributed by atoms with Gasteiger partial charge in [0, 0.05) is 48.5 Å². The lowest BCUT2D eigenvalue weighted by molar-refractivity contribution is 0.0450. The van der Waals surface area contributed by atoms with Crippen molar-refractivity contribution in [2.24, 2.45) is 5.41 Å². The van der Waals surface area contributed by atoms with Gasteiger partial charge in [0.05, 0.1) is 29.8 Å². The van der Waals surface area contributed by atoms with Crippen LogP contribution in [0.5, 0.6) is 0 Å². The summed E-state index contributed by atoms with van der Waals surface area (Å²) in [5, 5.41) is 8.05. The first-order chi connectivity index (χ1) is 15.2. The van der Waals surface area contributed by atoms with Gasteiger partial charge in [-0.3, -0.25) is 4.79 Å². The van der Waals surface area contributed by atoms with E-state index >= 15 is 0 Å². The summed E-state index contributed by atoms with van der Waals surface area (Å²) in [6.45, 7) is 9.97. The van der Waals surface area contributed by atoms with E-state index in [9.17, 15) is 9.59 Å². The average molecular weight is 480 g/mol. The number of hydrogen-bond acceptors (Lipinski definition) is 6. The molecule has 8 nitrogen and oxygen atoms in total. The van der Waals surface area contributed by atoms with Gasteiger partial charge in [0.1, 0.15) is 5.82 Å². The first-order valence-electron chi connectivity index (χ1n) is 11.0. The second-order valence-electron chi connectivity index (χ2n) is 9.29. The smallest absolute Gasteiger partial charge is 0.320 e. The van der Waals surface area contributed by atoms with E-state index in [0.29, 0.717) is 51.8 Å². The number of thiophene rings is 1. The Kier molecular flexibility index (Phi) is 6.78. The van der Waals surface area contributed by atoms with Gasteiger partial charge in [-0.1, -0.05) is 32.4 Å². The Morgan fingerprint density at radius 3 is 2.62 bits per heavy atom. The molecule has 0 aliphatic carbocycles. The molecule has 174 valence electrons. The number of carbonyl (C=O) groups is 2. The maximum absolute atomic E-state index is 13.1. The van der Waals surface area contributed by atoms with E-state index in [2.05, 4.69) is 5.32 Å². The van der Waals surface area contributed by atoms with Gasteiger partial charge in [0.2, 0.25) is 0 Å². The highest BCUT2D eigenvalue weighted by atomic mass is 35.5. The molecule has 2 amide bonds. The molecule has 0 radical (unpaired) electrons. The molecular formula is C22H30ClN5O3S. The van der Waals surface area contributed by atoms with E-state index in [1.54, 1.807) is 0 Å². The van der Waals surface area contributed by atoms with E-state index < -0.39 is 5.41 Å². The highest BCUT2D eigenvalue weighted by Gasteiger charge is 2.34. The number of anilines is 1. The van der Waals surface area contributed by atoms with Crippen LogP contribution < -0.4 is 5.32 Å². The molecule has 0 spiro atoms. The number of urea groups is 1. The fourth-order valence-corrected chi connectivity index (χ4v) is 4.98. The Balaban J connectivity index is 1.50. The van der Waals surface area contributed by atoms with Crippen molar-refractivity contribution in [3.05, 3.63) is 33.1 Å². The third kappa shape index (κ3) is 5.10. The zero-order valence-electron chi connectivity index (χ0n) is 18.8. The van der Waals surface area contributed by atoms with Gasteiger partial charge >= 0.3 is 6.03 Å². The third-order valence-corrected chi connectivity index (χ3v) is 7.02. The molecule has 1 atom stereocenters. The Morgan fingerprint density at radius 2 is 1.97 bits per heavy atom. The van der Waals surface area contributed by atoms with Crippen molar-refractivity contribution in [3.8, 4) is 0 Å². The minimum absolute atomic E-state index is 0.0638. The number of nitrogens with zero attached hydrogens (tertiary/aromatic N) is 4. The fourth-order valence-electron chi connectivity index (χ4n) is 3.95. The topological polar surface area (TPSA) is 79.7 Å². The predicted molar refractivity (Wildman–Crippen MR) is 126 cm³/mol. The zero-order chi connectivity index (χ0) is 22.9. The van der Waals surface area contributed by atoms with E-state index in [0.717, 1.165) is 21.3 Å². The molecule has 4 rings (SSSR count). The second kappa shape index (κ2) is 9.41. The predicted octanol–water partition coefficient (Wildman–Crippen LogP) is 4.14.